The number of amides is 1. The monoisotopic (exact) mass is 417 g/mol. The van der Waals surface area contributed by atoms with Gasteiger partial charge in [0.25, 0.3) is 0 Å². The smallest absolute Gasteiger partial charge is 0.306 e. The van der Waals surface area contributed by atoms with E-state index in [1.54, 1.807) is 6.92 Å². The van der Waals surface area contributed by atoms with Gasteiger partial charge in [-0.25, -0.2) is 0 Å². The Balaban J connectivity index is 1.94. The van der Waals surface area contributed by atoms with Crippen LogP contribution in [0.1, 0.15) is 64.9 Å². The lowest BCUT2D eigenvalue weighted by Gasteiger charge is -2.27. The maximum atomic E-state index is 12.9. The molecule has 1 aliphatic rings. The zero-order chi connectivity index (χ0) is 22.1. The molecule has 0 saturated heterocycles. The average Bonchev–Trinajstić information content (AvgIpc) is 3.10. The summed E-state index contributed by atoms with van der Waals surface area (Å²) in [4.78, 5) is 37.3. The predicted molar refractivity (Wildman–Crippen MR) is 114 cm³/mol. The Hall–Kier alpha value is -2.21. The zero-order valence-electron chi connectivity index (χ0n) is 18.3. The first-order valence-electron chi connectivity index (χ1n) is 11.0. The van der Waals surface area contributed by atoms with Gasteiger partial charge < -0.3 is 15.2 Å². The van der Waals surface area contributed by atoms with Crippen molar-refractivity contribution in [3.8, 4) is 0 Å². The second-order valence-electron chi connectivity index (χ2n) is 8.82. The van der Waals surface area contributed by atoms with Crippen molar-refractivity contribution in [3.05, 3.63) is 35.9 Å². The van der Waals surface area contributed by atoms with E-state index >= 15 is 0 Å². The fourth-order valence-electron chi connectivity index (χ4n) is 3.97. The normalized spacial score (nSPS) is 19.4. The minimum atomic E-state index is -0.771. The van der Waals surface area contributed by atoms with E-state index in [0.29, 0.717) is 19.3 Å². The van der Waals surface area contributed by atoms with Crippen LogP contribution >= 0.6 is 0 Å². The van der Waals surface area contributed by atoms with Crippen molar-refractivity contribution in [1.82, 2.24) is 5.32 Å². The van der Waals surface area contributed by atoms with Crippen LogP contribution in [0.4, 0.5) is 0 Å². The van der Waals surface area contributed by atoms with Gasteiger partial charge in [0, 0.05) is 18.3 Å². The van der Waals surface area contributed by atoms with Gasteiger partial charge in [-0.3, -0.25) is 14.4 Å². The van der Waals surface area contributed by atoms with Crippen molar-refractivity contribution in [2.24, 2.45) is 17.8 Å². The Morgan fingerprint density at radius 1 is 1.20 bits per heavy atom. The van der Waals surface area contributed by atoms with Crippen LogP contribution in [0.5, 0.6) is 0 Å². The van der Waals surface area contributed by atoms with Gasteiger partial charge in [-0.1, -0.05) is 44.2 Å². The molecule has 1 fully saturated rings. The SMILES string of the molecule is CC(C)C[C@H](CC(=O)OCc1ccccc1)C(=O)N[C@@H](CC1CCCC1=O)C(C)O. The number of hydrogen-bond donors (Lipinski definition) is 2. The van der Waals surface area contributed by atoms with Crippen LogP contribution in [0.3, 0.4) is 0 Å². The topological polar surface area (TPSA) is 92.7 Å². The Morgan fingerprint density at radius 3 is 2.47 bits per heavy atom. The summed E-state index contributed by atoms with van der Waals surface area (Å²) in [6, 6.07) is 8.91. The standard InChI is InChI=1S/C24H35NO5/c1-16(2)12-20(14-23(28)30-15-18-8-5-4-6-9-18)24(29)25-21(17(3)26)13-19-10-7-11-22(19)27/h4-6,8-9,16-17,19-21,26H,7,10-15H2,1-3H3,(H,25,29)/t17?,19?,20-,21+/m1/s1. The van der Waals surface area contributed by atoms with Crippen LogP contribution < -0.4 is 5.32 Å². The number of benzene rings is 1. The highest BCUT2D eigenvalue weighted by Crippen LogP contribution is 2.27. The van der Waals surface area contributed by atoms with Crippen molar-refractivity contribution < 1.29 is 24.2 Å². The second-order valence-corrected chi connectivity index (χ2v) is 8.82. The molecule has 2 rings (SSSR count). The molecule has 0 spiro atoms. The quantitative estimate of drug-likeness (QED) is 0.538. The minimum absolute atomic E-state index is 0.00820. The van der Waals surface area contributed by atoms with Crippen LogP contribution in [0, 0.1) is 17.8 Å². The molecule has 0 radical (unpaired) electrons. The average molecular weight is 418 g/mol. The molecule has 166 valence electrons. The van der Waals surface area contributed by atoms with Crippen LogP contribution in [-0.4, -0.2) is 34.9 Å². The van der Waals surface area contributed by atoms with Gasteiger partial charge in [0.15, 0.2) is 0 Å². The first kappa shape index (κ1) is 24.1. The maximum absolute atomic E-state index is 12.9. The molecule has 30 heavy (non-hydrogen) atoms. The summed E-state index contributed by atoms with van der Waals surface area (Å²) in [5.74, 6) is -0.892. The molecule has 0 aromatic heterocycles. The predicted octanol–water partition coefficient (Wildman–Crippen LogP) is 3.41. The lowest BCUT2D eigenvalue weighted by Crippen LogP contribution is -2.46. The molecule has 0 aliphatic heterocycles. The molecule has 0 bridgehead atoms. The maximum Gasteiger partial charge on any atom is 0.306 e. The molecule has 6 nitrogen and oxygen atoms in total. The van der Waals surface area contributed by atoms with Gasteiger partial charge in [0.2, 0.25) is 5.91 Å². The van der Waals surface area contributed by atoms with Crippen molar-refractivity contribution in [2.75, 3.05) is 0 Å². The molecule has 6 heteroatoms. The van der Waals surface area contributed by atoms with Crippen molar-refractivity contribution in [2.45, 2.75) is 78.0 Å². The van der Waals surface area contributed by atoms with Gasteiger partial charge in [-0.2, -0.15) is 0 Å². The number of hydrogen-bond acceptors (Lipinski definition) is 5. The van der Waals surface area contributed by atoms with E-state index in [1.165, 1.54) is 0 Å². The number of rotatable bonds is 11. The molecule has 1 saturated carbocycles. The van der Waals surface area contributed by atoms with Gasteiger partial charge >= 0.3 is 5.97 Å². The number of ketones is 1. The summed E-state index contributed by atoms with van der Waals surface area (Å²) < 4.78 is 5.35. The summed E-state index contributed by atoms with van der Waals surface area (Å²) in [5.41, 5.74) is 0.895. The Bertz CT molecular complexity index is 701. The second kappa shape index (κ2) is 11.8. The molecule has 1 aromatic carbocycles. The highest BCUT2D eigenvalue weighted by atomic mass is 16.5. The summed E-state index contributed by atoms with van der Waals surface area (Å²) >= 11 is 0. The Labute approximate surface area is 179 Å². The van der Waals surface area contributed by atoms with Crippen LogP contribution in [0.2, 0.25) is 0 Å². The Kier molecular flexibility index (Phi) is 9.50. The van der Waals surface area contributed by atoms with Crippen LogP contribution in [0.25, 0.3) is 0 Å². The summed E-state index contributed by atoms with van der Waals surface area (Å²) in [5, 5.41) is 13.0. The fourth-order valence-corrected chi connectivity index (χ4v) is 3.97. The minimum Gasteiger partial charge on any atom is -0.461 e. The van der Waals surface area contributed by atoms with Gasteiger partial charge in [0.05, 0.1) is 18.6 Å². The number of ether oxygens (including phenoxy) is 1. The molecular formula is C24H35NO5. The Morgan fingerprint density at radius 2 is 1.90 bits per heavy atom. The first-order chi connectivity index (χ1) is 14.3. The van der Waals surface area contributed by atoms with Crippen LogP contribution in [0.15, 0.2) is 30.3 Å². The third-order valence-corrected chi connectivity index (χ3v) is 5.66. The van der Waals surface area contributed by atoms with Crippen molar-refractivity contribution >= 4 is 17.7 Å². The van der Waals surface area contributed by atoms with Gasteiger partial charge in [-0.15, -0.1) is 0 Å². The lowest BCUT2D eigenvalue weighted by atomic mass is 9.91. The number of carbonyl (C=O) groups excluding carboxylic acids is 3. The largest absolute Gasteiger partial charge is 0.461 e. The number of aliphatic hydroxyl groups is 1. The van der Waals surface area contributed by atoms with Crippen molar-refractivity contribution in [1.29, 1.82) is 0 Å². The summed E-state index contributed by atoms with van der Waals surface area (Å²) in [6.45, 7) is 5.80. The number of esters is 1. The van der Waals surface area contributed by atoms with E-state index in [0.717, 1.165) is 18.4 Å². The number of nitrogens with one attached hydrogen (secondary N) is 1. The fraction of sp³-hybridized carbons (Fsp3) is 0.625. The zero-order valence-corrected chi connectivity index (χ0v) is 18.3. The summed E-state index contributed by atoms with van der Waals surface area (Å²) in [6.07, 6.45) is 2.45. The van der Waals surface area contributed by atoms with E-state index in [-0.39, 0.29) is 36.6 Å². The molecule has 2 unspecified atom stereocenters. The molecule has 1 amide bonds. The number of aliphatic hydroxyl groups excluding tert-OH is 1. The van der Waals surface area contributed by atoms with E-state index in [9.17, 15) is 19.5 Å². The number of carbonyl (C=O) groups is 3. The first-order valence-corrected chi connectivity index (χ1v) is 11.0. The number of Topliss-reactive ketones (excluding diaryl/α,β-unsaturated/α-hetero) is 1. The lowest BCUT2D eigenvalue weighted by molar-refractivity contribution is -0.148. The van der Waals surface area contributed by atoms with E-state index in [1.807, 2.05) is 44.2 Å². The molecule has 0 heterocycles. The molecule has 4 atom stereocenters. The van der Waals surface area contributed by atoms with Gasteiger partial charge in [-0.05, 0) is 44.1 Å². The van der Waals surface area contributed by atoms with Crippen molar-refractivity contribution in [3.63, 3.8) is 0 Å². The molecular weight excluding hydrogens is 382 g/mol. The third-order valence-electron chi connectivity index (χ3n) is 5.66. The van der Waals surface area contributed by atoms with Crippen LogP contribution in [-0.2, 0) is 25.7 Å². The highest BCUT2D eigenvalue weighted by molar-refractivity contribution is 5.85. The van der Waals surface area contributed by atoms with E-state index in [2.05, 4.69) is 5.32 Å². The van der Waals surface area contributed by atoms with Gasteiger partial charge in [0.1, 0.15) is 12.4 Å². The molecule has 1 aliphatic carbocycles. The molecule has 1 aromatic rings. The highest BCUT2D eigenvalue weighted by Gasteiger charge is 2.32. The van der Waals surface area contributed by atoms with E-state index < -0.39 is 24.0 Å². The third kappa shape index (κ3) is 7.90. The van der Waals surface area contributed by atoms with E-state index in [4.69, 9.17) is 4.74 Å². The molecule has 2 N–H and O–H groups in total. The summed E-state index contributed by atoms with van der Waals surface area (Å²) in [7, 11) is 0.